The van der Waals surface area contributed by atoms with E-state index < -0.39 is 0 Å². The van der Waals surface area contributed by atoms with E-state index in [9.17, 15) is 4.79 Å². The van der Waals surface area contributed by atoms with Crippen molar-refractivity contribution in [3.05, 3.63) is 60.7 Å². The van der Waals surface area contributed by atoms with Gasteiger partial charge in [-0.3, -0.25) is 4.79 Å². The number of carbonyl (C=O) groups is 1. The second-order valence-corrected chi connectivity index (χ2v) is 6.76. The highest BCUT2D eigenvalue weighted by atomic mass is 32.2. The fraction of sp³-hybridized carbons (Fsp3) is 0.222. The van der Waals surface area contributed by atoms with Gasteiger partial charge >= 0.3 is 0 Å². The number of benzene rings is 2. The number of allylic oxidation sites excluding steroid dienone is 1. The average molecular weight is 314 g/mol. The molecule has 0 aliphatic rings. The van der Waals surface area contributed by atoms with Crippen molar-refractivity contribution in [1.82, 2.24) is 0 Å². The minimum absolute atomic E-state index is 0.0894. The lowest BCUT2D eigenvalue weighted by Crippen LogP contribution is -2.20. The highest BCUT2D eigenvalue weighted by Gasteiger charge is 2.23. The molecule has 21 heavy (non-hydrogen) atoms. The Morgan fingerprint density at radius 3 is 2.67 bits per heavy atom. The quantitative estimate of drug-likeness (QED) is 0.409. The third-order valence-corrected chi connectivity index (χ3v) is 4.82. The molecule has 0 heterocycles. The molecule has 0 saturated heterocycles. The number of thiocarbonyl (C=S) groups is 1. The van der Waals surface area contributed by atoms with E-state index in [1.54, 1.807) is 17.8 Å². The molecule has 1 nitrogen and oxygen atoms in total. The molecule has 108 valence electrons. The fourth-order valence-corrected chi connectivity index (χ4v) is 3.51. The first-order chi connectivity index (χ1) is 10.2. The topological polar surface area (TPSA) is 17.1 Å². The number of carbonyl (C=O) groups excluding carboxylic acids is 1. The largest absolute Gasteiger partial charge is 0.293 e. The number of rotatable bonds is 6. The van der Waals surface area contributed by atoms with Gasteiger partial charge < -0.3 is 0 Å². The zero-order valence-electron chi connectivity index (χ0n) is 12.0. The molecule has 0 radical (unpaired) electrons. The smallest absolute Gasteiger partial charge is 0.172 e. The molecule has 0 aliphatic heterocycles. The van der Waals surface area contributed by atoms with Crippen LogP contribution in [0.4, 0.5) is 0 Å². The summed E-state index contributed by atoms with van der Waals surface area (Å²) in [6.45, 7) is 5.79. The highest BCUT2D eigenvalue weighted by molar-refractivity contribution is 8.23. The van der Waals surface area contributed by atoms with Crippen molar-refractivity contribution in [2.75, 3.05) is 5.75 Å². The number of hydrogen-bond acceptors (Lipinski definition) is 3. The van der Waals surface area contributed by atoms with Crippen LogP contribution < -0.4 is 0 Å². The second-order valence-electron chi connectivity index (χ2n) is 4.76. The molecule has 0 fully saturated rings. The van der Waals surface area contributed by atoms with Crippen LogP contribution in [-0.4, -0.2) is 15.7 Å². The minimum atomic E-state index is -0.261. The van der Waals surface area contributed by atoms with E-state index in [2.05, 4.69) is 6.58 Å². The molecule has 2 aromatic rings. The van der Waals surface area contributed by atoms with Gasteiger partial charge in [0.2, 0.25) is 0 Å². The van der Waals surface area contributed by atoms with Crippen molar-refractivity contribution >= 4 is 44.7 Å². The van der Waals surface area contributed by atoms with Crippen LogP contribution in [0.3, 0.4) is 0 Å². The molecule has 0 amide bonds. The molecule has 2 rings (SSSR count). The van der Waals surface area contributed by atoms with Gasteiger partial charge in [0.15, 0.2) is 5.78 Å². The Balaban J connectivity index is 2.33. The van der Waals surface area contributed by atoms with Crippen LogP contribution in [0.1, 0.15) is 23.7 Å². The predicted molar refractivity (Wildman–Crippen MR) is 97.3 cm³/mol. The van der Waals surface area contributed by atoms with Gasteiger partial charge in [0.05, 0.1) is 10.1 Å². The van der Waals surface area contributed by atoms with E-state index in [1.807, 2.05) is 49.4 Å². The van der Waals surface area contributed by atoms with Gasteiger partial charge in [-0.15, -0.1) is 18.3 Å². The summed E-state index contributed by atoms with van der Waals surface area (Å²) < 4.78 is 0.760. The molecule has 3 heteroatoms. The van der Waals surface area contributed by atoms with Gasteiger partial charge in [-0.1, -0.05) is 61.6 Å². The van der Waals surface area contributed by atoms with Crippen molar-refractivity contribution in [1.29, 1.82) is 0 Å². The number of thioether (sulfide) groups is 1. The first kappa shape index (κ1) is 15.9. The average Bonchev–Trinajstić information content (AvgIpc) is 2.51. The first-order valence-corrected chi connectivity index (χ1v) is 8.37. The maximum atomic E-state index is 12.7. The lowest BCUT2D eigenvalue weighted by Gasteiger charge is -2.15. The summed E-state index contributed by atoms with van der Waals surface area (Å²) in [6.07, 6.45) is 2.36. The van der Waals surface area contributed by atoms with E-state index in [4.69, 9.17) is 12.2 Å². The lowest BCUT2D eigenvalue weighted by molar-refractivity contribution is 0.0957. The summed E-state index contributed by atoms with van der Waals surface area (Å²) in [5, 5.41) is 2.22. The Labute approximate surface area is 135 Å². The second kappa shape index (κ2) is 7.53. The van der Waals surface area contributed by atoms with Crippen LogP contribution in [0, 0.1) is 5.92 Å². The molecule has 0 aliphatic carbocycles. The Kier molecular flexibility index (Phi) is 5.71. The summed E-state index contributed by atoms with van der Waals surface area (Å²) in [5.41, 5.74) is 0.722. The fourth-order valence-electron chi connectivity index (χ4n) is 2.26. The minimum Gasteiger partial charge on any atom is -0.293 e. The summed E-state index contributed by atoms with van der Waals surface area (Å²) in [4.78, 5) is 12.7. The molecule has 1 unspecified atom stereocenters. The number of Topliss-reactive ketones (excluding diaryl/α,β-unsaturated/α-hetero) is 1. The Morgan fingerprint density at radius 2 is 2.00 bits per heavy atom. The third-order valence-electron chi connectivity index (χ3n) is 3.32. The van der Waals surface area contributed by atoms with E-state index in [0.29, 0.717) is 6.42 Å². The normalized spacial score (nSPS) is 12.0. The van der Waals surface area contributed by atoms with Gasteiger partial charge in [0.1, 0.15) is 0 Å². The van der Waals surface area contributed by atoms with Crippen LogP contribution in [0.2, 0.25) is 0 Å². The van der Waals surface area contributed by atoms with Crippen LogP contribution in [0.15, 0.2) is 55.1 Å². The van der Waals surface area contributed by atoms with Gasteiger partial charge in [-0.2, -0.15) is 0 Å². The Bertz CT molecular complexity index is 676. The molecular formula is C18H18OS2. The van der Waals surface area contributed by atoms with Gasteiger partial charge in [0, 0.05) is 5.56 Å². The lowest BCUT2D eigenvalue weighted by atomic mass is 9.94. The molecule has 2 aromatic carbocycles. The molecule has 1 atom stereocenters. The van der Waals surface area contributed by atoms with Crippen molar-refractivity contribution < 1.29 is 4.79 Å². The number of fused-ring (bicyclic) bond motifs is 1. The van der Waals surface area contributed by atoms with E-state index in [1.165, 1.54) is 0 Å². The maximum absolute atomic E-state index is 12.7. The summed E-state index contributed by atoms with van der Waals surface area (Å²) in [5.74, 6) is 0.715. The van der Waals surface area contributed by atoms with Crippen LogP contribution in [0.25, 0.3) is 10.8 Å². The summed E-state index contributed by atoms with van der Waals surface area (Å²) in [7, 11) is 0. The summed E-state index contributed by atoms with van der Waals surface area (Å²) in [6, 6.07) is 13.9. The zero-order valence-corrected chi connectivity index (χ0v) is 13.7. The van der Waals surface area contributed by atoms with E-state index in [0.717, 1.165) is 26.3 Å². The molecule has 0 aromatic heterocycles. The Hall–Kier alpha value is -1.45. The Morgan fingerprint density at radius 1 is 1.29 bits per heavy atom. The molecule has 0 N–H and O–H groups in total. The monoisotopic (exact) mass is 314 g/mol. The SMILES string of the molecule is C=CCC(C(=O)c1ccc2ccccc2c1)C(=S)SCC. The first-order valence-electron chi connectivity index (χ1n) is 6.98. The van der Waals surface area contributed by atoms with Crippen molar-refractivity contribution in [3.63, 3.8) is 0 Å². The number of ketones is 1. The van der Waals surface area contributed by atoms with Crippen molar-refractivity contribution in [3.8, 4) is 0 Å². The molecule has 0 spiro atoms. The van der Waals surface area contributed by atoms with Gasteiger partial charge in [-0.05, 0) is 29.0 Å². The van der Waals surface area contributed by atoms with Gasteiger partial charge in [0.25, 0.3) is 0 Å². The standard InChI is InChI=1S/C18H18OS2/c1-3-7-16(18(20)21-4-2)17(19)15-11-10-13-8-5-6-9-14(13)12-15/h3,5-6,8-12,16H,1,4,7H2,2H3. The van der Waals surface area contributed by atoms with E-state index >= 15 is 0 Å². The third kappa shape index (κ3) is 3.80. The number of hydrogen-bond donors (Lipinski definition) is 0. The van der Waals surface area contributed by atoms with Gasteiger partial charge in [-0.25, -0.2) is 0 Å². The zero-order chi connectivity index (χ0) is 15.2. The maximum Gasteiger partial charge on any atom is 0.172 e. The highest BCUT2D eigenvalue weighted by Crippen LogP contribution is 2.24. The molecule has 0 bridgehead atoms. The molecule has 0 saturated carbocycles. The summed E-state index contributed by atoms with van der Waals surface area (Å²) >= 11 is 6.98. The van der Waals surface area contributed by atoms with Crippen LogP contribution >= 0.6 is 24.0 Å². The van der Waals surface area contributed by atoms with Crippen molar-refractivity contribution in [2.45, 2.75) is 13.3 Å². The van der Waals surface area contributed by atoms with E-state index in [-0.39, 0.29) is 11.7 Å². The molecular weight excluding hydrogens is 296 g/mol. The van der Waals surface area contributed by atoms with Crippen LogP contribution in [-0.2, 0) is 0 Å². The van der Waals surface area contributed by atoms with Crippen LogP contribution in [0.5, 0.6) is 0 Å². The van der Waals surface area contributed by atoms with Crippen molar-refractivity contribution in [2.24, 2.45) is 5.92 Å². The predicted octanol–water partition coefficient (Wildman–Crippen LogP) is 5.30.